The number of ketones is 1. The molecular formula is C11H15NO3S. The van der Waals surface area contributed by atoms with Gasteiger partial charge in [-0.15, -0.1) is 11.8 Å². The van der Waals surface area contributed by atoms with Gasteiger partial charge in [0.05, 0.1) is 25.7 Å². The molecule has 0 heterocycles. The molecule has 0 amide bonds. The van der Waals surface area contributed by atoms with Crippen molar-refractivity contribution >= 4 is 17.5 Å². The second-order valence-corrected chi connectivity index (χ2v) is 3.83. The molecule has 0 unspecified atom stereocenters. The fourth-order valence-corrected chi connectivity index (χ4v) is 2.20. The number of hydrogen-bond donors (Lipinski definition) is 1. The molecule has 0 aromatic heterocycles. The molecule has 0 atom stereocenters. The van der Waals surface area contributed by atoms with Gasteiger partial charge in [0, 0.05) is 5.56 Å². The summed E-state index contributed by atoms with van der Waals surface area (Å²) < 4.78 is 10.4. The number of nitrogens with two attached hydrogens (primary N) is 1. The molecule has 0 aliphatic rings. The zero-order chi connectivity index (χ0) is 12.1. The van der Waals surface area contributed by atoms with Crippen LogP contribution in [-0.4, -0.2) is 32.8 Å². The first-order valence-corrected chi connectivity index (χ1v) is 5.94. The Hall–Kier alpha value is -1.20. The van der Waals surface area contributed by atoms with Gasteiger partial charge in [-0.3, -0.25) is 4.79 Å². The van der Waals surface area contributed by atoms with E-state index in [9.17, 15) is 4.79 Å². The van der Waals surface area contributed by atoms with E-state index in [1.807, 2.05) is 6.26 Å². The van der Waals surface area contributed by atoms with Gasteiger partial charge in [0.2, 0.25) is 0 Å². The lowest BCUT2D eigenvalue weighted by atomic mass is 10.1. The lowest BCUT2D eigenvalue weighted by Crippen LogP contribution is -2.14. The number of rotatable bonds is 5. The SMILES string of the molecule is COc1ccc(C(=O)CN)c(SC)c1OC. The zero-order valence-corrected chi connectivity index (χ0v) is 10.4. The largest absolute Gasteiger partial charge is 0.493 e. The summed E-state index contributed by atoms with van der Waals surface area (Å²) in [6.45, 7) is -0.0109. The maximum atomic E-state index is 11.6. The molecule has 4 nitrogen and oxygen atoms in total. The lowest BCUT2D eigenvalue weighted by molar-refractivity contribution is 0.0998. The molecular weight excluding hydrogens is 226 g/mol. The first-order chi connectivity index (χ1) is 7.69. The minimum absolute atomic E-state index is 0.0109. The van der Waals surface area contributed by atoms with Crippen molar-refractivity contribution < 1.29 is 14.3 Å². The van der Waals surface area contributed by atoms with Crippen molar-refractivity contribution in [1.82, 2.24) is 0 Å². The molecule has 16 heavy (non-hydrogen) atoms. The predicted molar refractivity (Wildman–Crippen MR) is 64.7 cm³/mol. The first-order valence-electron chi connectivity index (χ1n) is 4.71. The molecule has 0 aliphatic carbocycles. The third kappa shape index (κ3) is 2.31. The van der Waals surface area contributed by atoms with E-state index >= 15 is 0 Å². The third-order valence-corrected chi connectivity index (χ3v) is 3.00. The van der Waals surface area contributed by atoms with E-state index < -0.39 is 0 Å². The molecule has 2 N–H and O–H groups in total. The summed E-state index contributed by atoms with van der Waals surface area (Å²) in [6.07, 6.45) is 1.88. The normalized spacial score (nSPS) is 10.0. The summed E-state index contributed by atoms with van der Waals surface area (Å²) in [4.78, 5) is 12.4. The Morgan fingerprint density at radius 1 is 1.38 bits per heavy atom. The molecule has 5 heteroatoms. The minimum atomic E-state index is -0.106. The van der Waals surface area contributed by atoms with Crippen molar-refractivity contribution in [1.29, 1.82) is 0 Å². The molecule has 1 rings (SSSR count). The van der Waals surface area contributed by atoms with Crippen molar-refractivity contribution in [2.45, 2.75) is 4.90 Å². The molecule has 0 bridgehead atoms. The molecule has 0 radical (unpaired) electrons. The van der Waals surface area contributed by atoms with Crippen LogP contribution in [0.3, 0.4) is 0 Å². The van der Waals surface area contributed by atoms with Crippen LogP contribution in [0, 0.1) is 0 Å². The number of thioether (sulfide) groups is 1. The number of benzene rings is 1. The molecule has 0 aliphatic heterocycles. The molecule has 0 saturated carbocycles. The van der Waals surface area contributed by atoms with Crippen LogP contribution in [0.5, 0.6) is 11.5 Å². The smallest absolute Gasteiger partial charge is 0.177 e. The number of carbonyl (C=O) groups excluding carboxylic acids is 1. The van der Waals surface area contributed by atoms with Crippen molar-refractivity contribution in [3.8, 4) is 11.5 Å². The van der Waals surface area contributed by atoms with E-state index in [0.29, 0.717) is 17.1 Å². The van der Waals surface area contributed by atoms with E-state index in [-0.39, 0.29) is 12.3 Å². The van der Waals surface area contributed by atoms with Crippen LogP contribution >= 0.6 is 11.8 Å². The Labute approximate surface area is 99.1 Å². The minimum Gasteiger partial charge on any atom is -0.493 e. The Morgan fingerprint density at radius 3 is 2.50 bits per heavy atom. The Kier molecular flexibility index (Phi) is 4.64. The monoisotopic (exact) mass is 241 g/mol. The van der Waals surface area contributed by atoms with E-state index in [0.717, 1.165) is 4.90 Å². The quantitative estimate of drug-likeness (QED) is 0.626. The maximum Gasteiger partial charge on any atom is 0.177 e. The van der Waals surface area contributed by atoms with Gasteiger partial charge in [0.25, 0.3) is 0 Å². The summed E-state index contributed by atoms with van der Waals surface area (Å²) in [5.41, 5.74) is 5.94. The highest BCUT2D eigenvalue weighted by atomic mass is 32.2. The van der Waals surface area contributed by atoms with E-state index in [1.54, 1.807) is 26.4 Å². The highest BCUT2D eigenvalue weighted by molar-refractivity contribution is 7.98. The third-order valence-electron chi connectivity index (χ3n) is 2.19. The van der Waals surface area contributed by atoms with Crippen LogP contribution in [0.1, 0.15) is 10.4 Å². The van der Waals surface area contributed by atoms with Crippen LogP contribution in [0.2, 0.25) is 0 Å². The van der Waals surface area contributed by atoms with Gasteiger partial charge in [-0.2, -0.15) is 0 Å². The van der Waals surface area contributed by atoms with Gasteiger partial charge in [0.1, 0.15) is 0 Å². The van der Waals surface area contributed by atoms with Crippen molar-refractivity contribution in [2.75, 3.05) is 27.0 Å². The van der Waals surface area contributed by atoms with Gasteiger partial charge in [0.15, 0.2) is 17.3 Å². The van der Waals surface area contributed by atoms with E-state index in [2.05, 4.69) is 0 Å². The second kappa shape index (κ2) is 5.77. The summed E-state index contributed by atoms with van der Waals surface area (Å²) >= 11 is 1.44. The summed E-state index contributed by atoms with van der Waals surface area (Å²) in [6, 6.07) is 3.42. The van der Waals surface area contributed by atoms with Crippen LogP contribution in [0.25, 0.3) is 0 Å². The van der Waals surface area contributed by atoms with Gasteiger partial charge in [-0.05, 0) is 18.4 Å². The average Bonchev–Trinajstić information content (AvgIpc) is 2.35. The molecule has 1 aromatic carbocycles. The molecule has 0 saturated heterocycles. The molecule has 88 valence electrons. The summed E-state index contributed by atoms with van der Waals surface area (Å²) in [5.74, 6) is 1.08. The lowest BCUT2D eigenvalue weighted by Gasteiger charge is -2.14. The first kappa shape index (κ1) is 12.9. The Morgan fingerprint density at radius 2 is 2.06 bits per heavy atom. The topological polar surface area (TPSA) is 61.5 Å². The number of Topliss-reactive ketones (excluding diaryl/α,β-unsaturated/α-hetero) is 1. The van der Waals surface area contributed by atoms with Crippen molar-refractivity contribution in [3.05, 3.63) is 17.7 Å². The van der Waals surface area contributed by atoms with Crippen LogP contribution in [-0.2, 0) is 0 Å². The second-order valence-electron chi connectivity index (χ2n) is 3.01. The molecule has 0 fully saturated rings. The molecule has 1 aromatic rings. The fourth-order valence-electron chi connectivity index (χ4n) is 1.43. The van der Waals surface area contributed by atoms with E-state index in [4.69, 9.17) is 15.2 Å². The van der Waals surface area contributed by atoms with Gasteiger partial charge >= 0.3 is 0 Å². The molecule has 0 spiro atoms. The predicted octanol–water partition coefficient (Wildman–Crippen LogP) is 1.57. The van der Waals surface area contributed by atoms with Gasteiger partial charge in [-0.1, -0.05) is 0 Å². The highest BCUT2D eigenvalue weighted by Gasteiger charge is 2.17. The van der Waals surface area contributed by atoms with Crippen molar-refractivity contribution in [2.24, 2.45) is 5.73 Å². The number of ether oxygens (including phenoxy) is 2. The average molecular weight is 241 g/mol. The zero-order valence-electron chi connectivity index (χ0n) is 9.57. The maximum absolute atomic E-state index is 11.6. The number of methoxy groups -OCH3 is 2. The highest BCUT2D eigenvalue weighted by Crippen LogP contribution is 2.39. The van der Waals surface area contributed by atoms with Crippen LogP contribution in [0.4, 0.5) is 0 Å². The standard InChI is InChI=1S/C11H15NO3S/c1-14-9-5-4-7(8(13)6-12)11(16-3)10(9)15-2/h4-5H,6,12H2,1-3H3. The summed E-state index contributed by atoms with van der Waals surface area (Å²) in [5, 5.41) is 0. The van der Waals surface area contributed by atoms with Crippen molar-refractivity contribution in [3.63, 3.8) is 0 Å². The van der Waals surface area contributed by atoms with Gasteiger partial charge < -0.3 is 15.2 Å². The summed E-state index contributed by atoms with van der Waals surface area (Å²) in [7, 11) is 3.11. The Bertz CT molecular complexity index is 393. The van der Waals surface area contributed by atoms with Crippen LogP contribution in [0.15, 0.2) is 17.0 Å². The van der Waals surface area contributed by atoms with Gasteiger partial charge in [-0.25, -0.2) is 0 Å². The van der Waals surface area contributed by atoms with Crippen LogP contribution < -0.4 is 15.2 Å². The number of carbonyl (C=O) groups is 1. The van der Waals surface area contributed by atoms with E-state index in [1.165, 1.54) is 11.8 Å². The fraction of sp³-hybridized carbons (Fsp3) is 0.364. The number of hydrogen-bond acceptors (Lipinski definition) is 5. The Balaban J connectivity index is 3.37.